The van der Waals surface area contributed by atoms with Crippen molar-refractivity contribution < 1.29 is 13.6 Å². The number of halogens is 2. The second-order valence-electron chi connectivity index (χ2n) is 7.42. The van der Waals surface area contributed by atoms with Crippen molar-refractivity contribution in [3.05, 3.63) is 65.2 Å². The van der Waals surface area contributed by atoms with Gasteiger partial charge in [-0.3, -0.25) is 9.69 Å². The Hall–Kier alpha value is -3.07. The number of rotatable bonds is 5. The average molecular weight is 414 g/mol. The van der Waals surface area contributed by atoms with Crippen LogP contribution in [0.1, 0.15) is 34.0 Å². The zero-order valence-electron chi connectivity index (χ0n) is 17.0. The number of para-hydroxylation sites is 1. The predicted octanol–water partition coefficient (Wildman–Crippen LogP) is 3.04. The lowest BCUT2D eigenvalue weighted by atomic mass is 10.1. The highest BCUT2D eigenvalue weighted by atomic mass is 19.3. The third-order valence-electron chi connectivity index (χ3n) is 5.51. The molecule has 1 aromatic carbocycles. The molecular formula is C21H24F2N6O. The van der Waals surface area contributed by atoms with Crippen LogP contribution in [0.5, 0.6) is 0 Å². The van der Waals surface area contributed by atoms with Gasteiger partial charge in [-0.2, -0.15) is 19.0 Å². The van der Waals surface area contributed by atoms with Gasteiger partial charge in [-0.15, -0.1) is 0 Å². The van der Waals surface area contributed by atoms with E-state index in [4.69, 9.17) is 5.10 Å². The third-order valence-corrected chi connectivity index (χ3v) is 5.51. The van der Waals surface area contributed by atoms with Crippen molar-refractivity contribution in [1.82, 2.24) is 29.4 Å². The molecule has 0 spiro atoms. The molecule has 0 N–H and O–H groups in total. The number of nitrogens with zero attached hydrogens (tertiary/aromatic N) is 6. The number of benzene rings is 1. The van der Waals surface area contributed by atoms with E-state index in [9.17, 15) is 13.6 Å². The molecule has 30 heavy (non-hydrogen) atoms. The first-order valence-corrected chi connectivity index (χ1v) is 9.89. The van der Waals surface area contributed by atoms with Crippen LogP contribution in [0, 0.1) is 13.8 Å². The van der Waals surface area contributed by atoms with Crippen molar-refractivity contribution in [3.8, 4) is 5.69 Å². The summed E-state index contributed by atoms with van der Waals surface area (Å²) in [5.41, 5.74) is 4.37. The van der Waals surface area contributed by atoms with Crippen molar-refractivity contribution in [2.45, 2.75) is 26.9 Å². The van der Waals surface area contributed by atoms with E-state index in [0.29, 0.717) is 30.9 Å². The fourth-order valence-electron chi connectivity index (χ4n) is 3.78. The van der Waals surface area contributed by atoms with Gasteiger partial charge in [0.2, 0.25) is 0 Å². The third kappa shape index (κ3) is 3.97. The van der Waals surface area contributed by atoms with Gasteiger partial charge in [-0.05, 0) is 32.0 Å². The Kier molecular flexibility index (Phi) is 5.63. The minimum absolute atomic E-state index is 0.0552. The summed E-state index contributed by atoms with van der Waals surface area (Å²) in [6.45, 7) is 4.57. The van der Waals surface area contributed by atoms with E-state index in [1.807, 2.05) is 41.9 Å². The number of carbonyl (C=O) groups is 1. The van der Waals surface area contributed by atoms with Crippen LogP contribution in [0.2, 0.25) is 0 Å². The first kappa shape index (κ1) is 20.2. The lowest BCUT2D eigenvalue weighted by Crippen LogP contribution is -2.48. The van der Waals surface area contributed by atoms with Crippen LogP contribution in [0.4, 0.5) is 8.78 Å². The summed E-state index contributed by atoms with van der Waals surface area (Å²) in [6.07, 6.45) is 1.13. The fraction of sp³-hybridized carbons (Fsp3) is 0.381. The standard InChI is InChI=1S/C21H24F2N6O/c1-15-18(16(2)29(24-15)17-6-4-3-5-7-17)14-26-10-12-27(13-11-26)20(30)19-8-9-28(25-19)21(22)23/h3-9,21H,10-14H2,1-2H3. The SMILES string of the molecule is Cc1nn(-c2ccccc2)c(C)c1CN1CCN(C(=O)c2ccn(C(F)F)n2)CC1. The highest BCUT2D eigenvalue weighted by Crippen LogP contribution is 2.20. The Balaban J connectivity index is 1.39. The maximum atomic E-state index is 12.7. The molecule has 3 aromatic rings. The van der Waals surface area contributed by atoms with Gasteiger partial charge in [0.05, 0.1) is 11.4 Å². The van der Waals surface area contributed by atoms with Crippen molar-refractivity contribution in [1.29, 1.82) is 0 Å². The fourth-order valence-corrected chi connectivity index (χ4v) is 3.78. The van der Waals surface area contributed by atoms with Crippen LogP contribution in [0.15, 0.2) is 42.6 Å². The van der Waals surface area contributed by atoms with Gasteiger partial charge < -0.3 is 4.90 Å². The summed E-state index contributed by atoms with van der Waals surface area (Å²) in [6, 6.07) is 11.4. The Morgan fingerprint density at radius 1 is 1.03 bits per heavy atom. The number of hydrogen-bond donors (Lipinski definition) is 0. The Morgan fingerprint density at radius 3 is 2.37 bits per heavy atom. The molecule has 0 saturated carbocycles. The summed E-state index contributed by atoms with van der Waals surface area (Å²) in [5, 5.41) is 8.38. The molecule has 1 fully saturated rings. The van der Waals surface area contributed by atoms with Gasteiger partial charge in [0.15, 0.2) is 5.69 Å². The van der Waals surface area contributed by atoms with Crippen LogP contribution < -0.4 is 0 Å². The number of aromatic nitrogens is 4. The van der Waals surface area contributed by atoms with Gasteiger partial charge in [0.25, 0.3) is 5.91 Å². The number of hydrogen-bond acceptors (Lipinski definition) is 4. The number of amides is 1. The van der Waals surface area contributed by atoms with Crippen LogP contribution in [-0.2, 0) is 6.54 Å². The minimum atomic E-state index is -2.74. The molecule has 0 unspecified atom stereocenters. The molecule has 7 nitrogen and oxygen atoms in total. The maximum absolute atomic E-state index is 12.7. The summed E-state index contributed by atoms with van der Waals surface area (Å²) in [4.78, 5) is 16.5. The van der Waals surface area contributed by atoms with Crippen molar-refractivity contribution in [2.75, 3.05) is 26.2 Å². The highest BCUT2D eigenvalue weighted by Gasteiger charge is 2.25. The molecule has 1 aliphatic heterocycles. The summed E-state index contributed by atoms with van der Waals surface area (Å²) in [5.74, 6) is -0.307. The van der Waals surface area contributed by atoms with Gasteiger partial charge >= 0.3 is 6.55 Å². The van der Waals surface area contributed by atoms with Crippen LogP contribution >= 0.6 is 0 Å². The zero-order valence-corrected chi connectivity index (χ0v) is 17.0. The maximum Gasteiger partial charge on any atom is 0.333 e. The lowest BCUT2D eigenvalue weighted by Gasteiger charge is -2.34. The van der Waals surface area contributed by atoms with Gasteiger partial charge in [-0.25, -0.2) is 9.36 Å². The number of piperazine rings is 1. The average Bonchev–Trinajstić information content (AvgIpc) is 3.36. The zero-order chi connectivity index (χ0) is 21.3. The molecule has 3 heterocycles. The first-order chi connectivity index (χ1) is 14.4. The molecule has 1 amide bonds. The Morgan fingerprint density at radius 2 is 1.73 bits per heavy atom. The van der Waals surface area contributed by atoms with Crippen molar-refractivity contribution in [3.63, 3.8) is 0 Å². The quantitative estimate of drug-likeness (QED) is 0.644. The summed E-state index contributed by atoms with van der Waals surface area (Å²) >= 11 is 0. The van der Waals surface area contributed by atoms with E-state index in [-0.39, 0.29) is 11.6 Å². The molecule has 0 atom stereocenters. The van der Waals surface area contributed by atoms with E-state index in [1.165, 1.54) is 11.6 Å². The van der Waals surface area contributed by atoms with Gasteiger partial charge in [0, 0.05) is 50.2 Å². The second-order valence-corrected chi connectivity index (χ2v) is 7.42. The topological polar surface area (TPSA) is 59.2 Å². The summed E-state index contributed by atoms with van der Waals surface area (Å²) in [7, 11) is 0. The van der Waals surface area contributed by atoms with Crippen LogP contribution in [0.3, 0.4) is 0 Å². The Labute approximate surface area is 173 Å². The first-order valence-electron chi connectivity index (χ1n) is 9.89. The molecule has 0 radical (unpaired) electrons. The number of carbonyl (C=O) groups excluding carboxylic acids is 1. The lowest BCUT2D eigenvalue weighted by molar-refractivity contribution is 0.0533. The highest BCUT2D eigenvalue weighted by molar-refractivity contribution is 5.92. The normalized spacial score (nSPS) is 15.2. The number of aryl methyl sites for hydroxylation is 1. The monoisotopic (exact) mass is 414 g/mol. The van der Waals surface area contributed by atoms with E-state index in [1.54, 1.807) is 4.90 Å². The Bertz CT molecular complexity index is 1020. The van der Waals surface area contributed by atoms with E-state index >= 15 is 0 Å². The van der Waals surface area contributed by atoms with Crippen LogP contribution in [0.25, 0.3) is 5.69 Å². The van der Waals surface area contributed by atoms with Crippen LogP contribution in [-0.4, -0.2) is 61.4 Å². The smallest absolute Gasteiger partial charge is 0.333 e. The predicted molar refractivity (Wildman–Crippen MR) is 108 cm³/mol. The number of alkyl halides is 2. The molecule has 0 bridgehead atoms. The largest absolute Gasteiger partial charge is 0.335 e. The molecule has 1 saturated heterocycles. The molecular weight excluding hydrogens is 390 g/mol. The van der Waals surface area contributed by atoms with E-state index < -0.39 is 6.55 Å². The minimum Gasteiger partial charge on any atom is -0.335 e. The molecule has 2 aromatic heterocycles. The molecule has 9 heteroatoms. The van der Waals surface area contributed by atoms with E-state index in [0.717, 1.165) is 29.8 Å². The molecule has 1 aliphatic rings. The molecule has 158 valence electrons. The molecule has 4 rings (SSSR count). The summed E-state index contributed by atoms with van der Waals surface area (Å²) < 4.78 is 27.8. The van der Waals surface area contributed by atoms with Gasteiger partial charge in [0.1, 0.15) is 0 Å². The van der Waals surface area contributed by atoms with E-state index in [2.05, 4.69) is 16.9 Å². The molecule has 0 aliphatic carbocycles. The van der Waals surface area contributed by atoms with Crippen molar-refractivity contribution >= 4 is 5.91 Å². The second kappa shape index (κ2) is 8.35. The van der Waals surface area contributed by atoms with Gasteiger partial charge in [-0.1, -0.05) is 18.2 Å². The van der Waals surface area contributed by atoms with Crippen molar-refractivity contribution in [2.24, 2.45) is 0 Å².